The number of halogens is 2. The van der Waals surface area contributed by atoms with Crippen LogP contribution < -0.4 is 10.1 Å². The van der Waals surface area contributed by atoms with Crippen molar-refractivity contribution in [2.45, 2.75) is 6.54 Å². The van der Waals surface area contributed by atoms with Crippen LogP contribution in [0.5, 0.6) is 11.6 Å². The predicted molar refractivity (Wildman–Crippen MR) is 88.3 cm³/mol. The molecule has 2 aromatic carbocycles. The first-order valence-corrected chi connectivity index (χ1v) is 7.52. The fourth-order valence-corrected chi connectivity index (χ4v) is 2.19. The van der Waals surface area contributed by atoms with E-state index in [4.69, 9.17) is 4.74 Å². The Morgan fingerprint density at radius 2 is 1.72 bits per heavy atom. The number of hydrogen-bond donors (Lipinski definition) is 1. The van der Waals surface area contributed by atoms with Gasteiger partial charge in [0.2, 0.25) is 5.88 Å². The average molecular weight is 340 g/mol. The molecule has 1 amide bonds. The lowest BCUT2D eigenvalue weighted by Gasteiger charge is -2.08. The monoisotopic (exact) mass is 340 g/mol. The topological polar surface area (TPSA) is 51.2 Å². The molecule has 0 saturated carbocycles. The molecule has 0 unspecified atom stereocenters. The zero-order valence-corrected chi connectivity index (χ0v) is 13.1. The maximum atomic E-state index is 13.2. The van der Waals surface area contributed by atoms with Gasteiger partial charge < -0.3 is 10.1 Å². The first-order chi connectivity index (χ1) is 12.1. The van der Waals surface area contributed by atoms with Gasteiger partial charge in [0.05, 0.1) is 0 Å². The molecule has 4 nitrogen and oxygen atoms in total. The summed E-state index contributed by atoms with van der Waals surface area (Å²) in [5, 5.41) is 2.61. The molecule has 3 aromatic rings. The molecule has 1 heterocycles. The van der Waals surface area contributed by atoms with Gasteiger partial charge in [-0.2, -0.15) is 0 Å². The first-order valence-electron chi connectivity index (χ1n) is 7.52. The lowest BCUT2D eigenvalue weighted by atomic mass is 10.2. The van der Waals surface area contributed by atoms with Crippen molar-refractivity contribution in [3.8, 4) is 11.6 Å². The Kier molecular flexibility index (Phi) is 4.99. The number of carbonyl (C=O) groups is 1. The van der Waals surface area contributed by atoms with E-state index in [9.17, 15) is 13.6 Å². The quantitative estimate of drug-likeness (QED) is 0.761. The van der Waals surface area contributed by atoms with Crippen molar-refractivity contribution < 1.29 is 18.3 Å². The molecular weight excluding hydrogens is 326 g/mol. The average Bonchev–Trinajstić information content (AvgIpc) is 2.60. The van der Waals surface area contributed by atoms with Crippen molar-refractivity contribution in [2.24, 2.45) is 0 Å². The fourth-order valence-electron chi connectivity index (χ4n) is 2.19. The van der Waals surface area contributed by atoms with Crippen molar-refractivity contribution >= 4 is 5.91 Å². The van der Waals surface area contributed by atoms with E-state index in [1.807, 2.05) is 18.2 Å². The molecule has 0 saturated heterocycles. The van der Waals surface area contributed by atoms with Gasteiger partial charge in [0, 0.05) is 30.4 Å². The Hall–Kier alpha value is -3.28. The van der Waals surface area contributed by atoms with Gasteiger partial charge >= 0.3 is 0 Å². The second-order valence-electron chi connectivity index (χ2n) is 5.26. The van der Waals surface area contributed by atoms with Crippen LogP contribution in [0.3, 0.4) is 0 Å². The van der Waals surface area contributed by atoms with Crippen LogP contribution in [-0.2, 0) is 6.54 Å². The molecule has 126 valence electrons. The Morgan fingerprint density at radius 1 is 1.00 bits per heavy atom. The van der Waals surface area contributed by atoms with Crippen LogP contribution in [0, 0.1) is 11.6 Å². The Bertz CT molecular complexity index is 865. The Morgan fingerprint density at radius 3 is 2.44 bits per heavy atom. The van der Waals surface area contributed by atoms with E-state index in [0.717, 1.165) is 17.7 Å². The van der Waals surface area contributed by atoms with Gasteiger partial charge in [-0.1, -0.05) is 18.2 Å². The van der Waals surface area contributed by atoms with Gasteiger partial charge in [0.15, 0.2) is 0 Å². The minimum Gasteiger partial charge on any atom is -0.439 e. The third-order valence-electron chi connectivity index (χ3n) is 3.34. The minimum atomic E-state index is -0.799. The fraction of sp³-hybridized carbons (Fsp3) is 0.0526. The summed E-state index contributed by atoms with van der Waals surface area (Å²) in [7, 11) is 0. The zero-order chi connectivity index (χ0) is 17.6. The maximum Gasteiger partial charge on any atom is 0.251 e. The summed E-state index contributed by atoms with van der Waals surface area (Å²) in [6.45, 7) is 0.171. The summed E-state index contributed by atoms with van der Waals surface area (Å²) >= 11 is 0. The van der Waals surface area contributed by atoms with Crippen LogP contribution in [0.4, 0.5) is 8.78 Å². The van der Waals surface area contributed by atoms with Gasteiger partial charge in [-0.3, -0.25) is 4.79 Å². The number of aromatic nitrogens is 1. The van der Waals surface area contributed by atoms with Gasteiger partial charge in [-0.15, -0.1) is 0 Å². The highest BCUT2D eigenvalue weighted by Crippen LogP contribution is 2.19. The Labute approximate surface area is 143 Å². The van der Waals surface area contributed by atoms with Crippen LogP contribution in [0.15, 0.2) is 66.9 Å². The third-order valence-corrected chi connectivity index (χ3v) is 3.34. The van der Waals surface area contributed by atoms with E-state index in [2.05, 4.69) is 10.3 Å². The summed E-state index contributed by atoms with van der Waals surface area (Å²) in [5.41, 5.74) is 0.665. The molecule has 0 aliphatic rings. The molecule has 0 radical (unpaired) electrons. The normalized spacial score (nSPS) is 10.3. The highest BCUT2D eigenvalue weighted by atomic mass is 19.1. The molecule has 0 fully saturated rings. The second kappa shape index (κ2) is 7.53. The Balaban J connectivity index is 1.65. The first kappa shape index (κ1) is 16.6. The van der Waals surface area contributed by atoms with Crippen LogP contribution in [0.25, 0.3) is 0 Å². The van der Waals surface area contributed by atoms with Crippen LogP contribution >= 0.6 is 0 Å². The van der Waals surface area contributed by atoms with E-state index >= 15 is 0 Å². The van der Waals surface area contributed by atoms with E-state index < -0.39 is 17.5 Å². The van der Waals surface area contributed by atoms with Crippen molar-refractivity contribution in [3.05, 3.63) is 89.6 Å². The van der Waals surface area contributed by atoms with Gasteiger partial charge in [-0.05, 0) is 35.9 Å². The summed E-state index contributed by atoms with van der Waals surface area (Å²) in [5.74, 6) is -1.14. The molecule has 0 spiro atoms. The van der Waals surface area contributed by atoms with E-state index in [-0.39, 0.29) is 12.1 Å². The van der Waals surface area contributed by atoms with Gasteiger partial charge in [-0.25, -0.2) is 13.8 Å². The number of pyridine rings is 1. The second-order valence-corrected chi connectivity index (χ2v) is 5.26. The molecule has 0 atom stereocenters. The van der Waals surface area contributed by atoms with Crippen LogP contribution in [-0.4, -0.2) is 10.9 Å². The van der Waals surface area contributed by atoms with Gasteiger partial charge in [0.1, 0.15) is 17.4 Å². The summed E-state index contributed by atoms with van der Waals surface area (Å²) in [6.07, 6.45) is 1.56. The summed E-state index contributed by atoms with van der Waals surface area (Å²) in [4.78, 5) is 16.1. The largest absolute Gasteiger partial charge is 0.439 e. The van der Waals surface area contributed by atoms with Crippen molar-refractivity contribution in [3.63, 3.8) is 0 Å². The molecular formula is C19H14F2N2O2. The van der Waals surface area contributed by atoms with Crippen LogP contribution in [0.2, 0.25) is 0 Å². The number of carbonyl (C=O) groups excluding carboxylic acids is 1. The van der Waals surface area contributed by atoms with E-state index in [0.29, 0.717) is 17.7 Å². The van der Waals surface area contributed by atoms with Crippen molar-refractivity contribution in [1.29, 1.82) is 0 Å². The molecule has 1 aromatic heterocycles. The van der Waals surface area contributed by atoms with E-state index in [1.165, 1.54) is 0 Å². The lowest BCUT2D eigenvalue weighted by Crippen LogP contribution is -2.23. The predicted octanol–water partition coefficient (Wildman–Crippen LogP) is 4.08. The number of nitrogens with one attached hydrogen (secondary N) is 1. The van der Waals surface area contributed by atoms with Crippen molar-refractivity contribution in [1.82, 2.24) is 10.3 Å². The summed E-state index contributed by atoms with van der Waals surface area (Å²) in [6, 6.07) is 15.2. The SMILES string of the molecule is O=C(NCc1ccnc(Oc2ccccc2)c1)c1cc(F)cc(F)c1. The number of benzene rings is 2. The molecule has 0 aliphatic heterocycles. The maximum absolute atomic E-state index is 13.2. The number of amides is 1. The highest BCUT2D eigenvalue weighted by Gasteiger charge is 2.09. The molecule has 1 N–H and O–H groups in total. The highest BCUT2D eigenvalue weighted by molar-refractivity contribution is 5.94. The number of rotatable bonds is 5. The number of ether oxygens (including phenoxy) is 1. The lowest BCUT2D eigenvalue weighted by molar-refractivity contribution is 0.0950. The zero-order valence-electron chi connectivity index (χ0n) is 13.1. The number of nitrogens with zero attached hydrogens (tertiary/aromatic N) is 1. The molecule has 25 heavy (non-hydrogen) atoms. The molecule has 0 bridgehead atoms. The van der Waals surface area contributed by atoms with E-state index in [1.54, 1.807) is 30.5 Å². The molecule has 0 aliphatic carbocycles. The number of para-hydroxylation sites is 1. The van der Waals surface area contributed by atoms with Crippen LogP contribution in [0.1, 0.15) is 15.9 Å². The summed E-state index contributed by atoms with van der Waals surface area (Å²) < 4.78 is 32.0. The van der Waals surface area contributed by atoms with Gasteiger partial charge in [0.25, 0.3) is 5.91 Å². The minimum absolute atomic E-state index is 0.0766. The molecule has 6 heteroatoms. The smallest absolute Gasteiger partial charge is 0.251 e. The van der Waals surface area contributed by atoms with Crippen molar-refractivity contribution in [2.75, 3.05) is 0 Å². The molecule has 3 rings (SSSR count). The number of hydrogen-bond acceptors (Lipinski definition) is 3. The third kappa shape index (κ3) is 4.60. The standard InChI is InChI=1S/C19H14F2N2O2/c20-15-9-14(10-16(21)11-15)19(24)23-12-13-6-7-22-18(8-13)25-17-4-2-1-3-5-17/h1-11H,12H2,(H,23,24).